The third-order valence-electron chi connectivity index (χ3n) is 11.3. The predicted molar refractivity (Wildman–Crippen MR) is 228 cm³/mol. The number of carboxylic acids is 4. The zero-order valence-corrected chi connectivity index (χ0v) is 36.2. The summed E-state index contributed by atoms with van der Waals surface area (Å²) in [7, 11) is 0. The Bertz CT molecular complexity index is 2580. The maximum Gasteiger partial charge on any atom is 0.341 e. The van der Waals surface area contributed by atoms with Crippen molar-refractivity contribution in [2.75, 3.05) is 72.0 Å². The lowest BCUT2D eigenvalue weighted by atomic mass is 9.94. The number of carboxylic acid groups (broad SMARTS) is 4. The summed E-state index contributed by atoms with van der Waals surface area (Å²) in [5.41, 5.74) is -1.22. The third kappa shape index (κ3) is 13.2. The number of piperidine rings is 3. The van der Waals surface area contributed by atoms with Crippen LogP contribution in [-0.2, 0) is 19.2 Å². The summed E-state index contributed by atoms with van der Waals surface area (Å²) in [6.45, 7) is 2.10. The first-order chi connectivity index (χ1) is 32.9. The van der Waals surface area contributed by atoms with E-state index < -0.39 is 71.2 Å². The molecular formula is C41H44F6N14O8. The molecule has 0 aromatic carbocycles. The second kappa shape index (κ2) is 22.8. The van der Waals surface area contributed by atoms with Gasteiger partial charge < -0.3 is 40.0 Å². The quantitative estimate of drug-likeness (QED) is 0.163. The zero-order chi connectivity index (χ0) is 49.8. The van der Waals surface area contributed by atoms with Crippen LogP contribution in [0.3, 0.4) is 0 Å². The summed E-state index contributed by atoms with van der Waals surface area (Å²) in [5, 5.41) is 39.1. The van der Waals surface area contributed by atoms with Crippen LogP contribution in [0.2, 0.25) is 0 Å². The van der Waals surface area contributed by atoms with Gasteiger partial charge in [0.05, 0.1) is 62.1 Å². The molecule has 28 heteroatoms. The van der Waals surface area contributed by atoms with Crippen molar-refractivity contribution >= 4 is 53.2 Å². The average Bonchev–Trinajstić information content (AvgIpc) is 3.83. The lowest BCUT2D eigenvalue weighted by Gasteiger charge is -2.33. The van der Waals surface area contributed by atoms with Crippen molar-refractivity contribution in [2.45, 2.75) is 50.1 Å². The highest BCUT2D eigenvalue weighted by Crippen LogP contribution is 2.29. The van der Waals surface area contributed by atoms with Crippen LogP contribution in [0, 0.1) is 29.3 Å². The van der Waals surface area contributed by atoms with E-state index in [0.29, 0.717) is 61.5 Å². The van der Waals surface area contributed by atoms with Crippen molar-refractivity contribution in [3.63, 3.8) is 0 Å². The van der Waals surface area contributed by atoms with Crippen molar-refractivity contribution in [3.05, 3.63) is 85.0 Å². The van der Waals surface area contributed by atoms with E-state index in [4.69, 9.17) is 20.4 Å². The number of rotatable bonds is 8. The molecule has 0 radical (unpaired) electrons. The molecular weight excluding hydrogens is 931 g/mol. The molecule has 4 N–H and O–H groups in total. The molecule has 3 fully saturated rings. The Morgan fingerprint density at radius 2 is 1.09 bits per heavy atom. The molecule has 4 aliphatic rings. The maximum atomic E-state index is 13.9. The minimum atomic E-state index is -2.17. The molecule has 0 amide bonds. The van der Waals surface area contributed by atoms with E-state index in [2.05, 4.69) is 45.0 Å². The Kier molecular flexibility index (Phi) is 16.7. The van der Waals surface area contributed by atoms with E-state index in [0.717, 1.165) is 37.2 Å². The summed E-state index contributed by atoms with van der Waals surface area (Å²) >= 11 is 0. The monoisotopic (exact) mass is 974 g/mol. The number of aromatic nitrogens is 10. The SMILES string of the molecule is O=C(O)C1(F)CCN(c2ncc(F)cn2)CC1.O=C(O)C1=CCN(c2ncc(F)cn2)CC1.O=C(O)[C@@H]1CCN(c2ncc(F)cn2)C[C@H]1F.O=C(O)[C@@H]1CCN(c2nccn3ncnc23)C[C@H]1F. The molecule has 368 valence electrons. The normalized spacial score (nSPS) is 21.0. The van der Waals surface area contributed by atoms with Gasteiger partial charge in [0, 0.05) is 70.1 Å². The molecule has 69 heavy (non-hydrogen) atoms. The zero-order valence-electron chi connectivity index (χ0n) is 36.2. The molecule has 0 saturated carbocycles. The molecule has 5 aromatic heterocycles. The minimum absolute atomic E-state index is 0.0104. The van der Waals surface area contributed by atoms with Crippen molar-refractivity contribution in [1.82, 2.24) is 49.5 Å². The lowest BCUT2D eigenvalue weighted by Crippen LogP contribution is -2.47. The third-order valence-corrected chi connectivity index (χ3v) is 11.3. The van der Waals surface area contributed by atoms with Gasteiger partial charge >= 0.3 is 23.9 Å². The molecule has 4 atom stereocenters. The van der Waals surface area contributed by atoms with Crippen LogP contribution < -0.4 is 19.6 Å². The Morgan fingerprint density at radius 1 is 0.609 bits per heavy atom. The van der Waals surface area contributed by atoms with E-state index in [9.17, 15) is 45.5 Å². The van der Waals surface area contributed by atoms with E-state index in [1.165, 1.54) is 11.2 Å². The molecule has 9 rings (SSSR count). The molecule has 5 aromatic rings. The summed E-state index contributed by atoms with van der Waals surface area (Å²) in [6, 6.07) is 0. The Labute approximate surface area is 387 Å². The first kappa shape index (κ1) is 50.6. The molecule has 0 bridgehead atoms. The Balaban J connectivity index is 0.000000151. The van der Waals surface area contributed by atoms with Crippen molar-refractivity contribution in [3.8, 4) is 0 Å². The van der Waals surface area contributed by atoms with Crippen LogP contribution in [0.15, 0.2) is 67.6 Å². The summed E-state index contributed by atoms with van der Waals surface area (Å²) < 4.78 is 80.5. The topological polar surface area (TPSA) is 283 Å². The van der Waals surface area contributed by atoms with Gasteiger partial charge in [-0.15, -0.1) is 0 Å². The Morgan fingerprint density at radius 3 is 1.54 bits per heavy atom. The smallest absolute Gasteiger partial charge is 0.341 e. The number of alkyl halides is 3. The number of anilines is 4. The van der Waals surface area contributed by atoms with Crippen molar-refractivity contribution in [2.24, 2.45) is 11.8 Å². The summed E-state index contributed by atoms with van der Waals surface area (Å²) in [4.78, 5) is 80.6. The molecule has 0 spiro atoms. The standard InChI is InChI=1S/C11H12FN5O2.2C10H11F2N3O2.C10H10FN3O2/c12-8-5-16(3-1-7(8)11(18)19)9-10-14-6-15-17(10)4-2-13-9;11-7-5-13-9(14-6-7)15-3-1-10(12,2-4-15)8(16)17;11-6-3-13-10(14-4-6)15-2-1-7(9(16)17)8(12)5-15;11-8-5-12-10(13-6-8)14-3-1-7(2-4-14)9(15)16/h2,4,6-8H,1,3,5H2,(H,18,19);5-6H,1-4H2,(H,16,17);3-4,7-8H,1-2,5H2,(H,16,17);1,5-6H,2-4H2,(H,15,16)/t7-,8-;;7-,8-;/m1.1./s1. The molecule has 0 aliphatic carbocycles. The maximum absolute atomic E-state index is 13.9. The number of carbonyl (C=O) groups is 4. The highest BCUT2D eigenvalue weighted by Gasteiger charge is 2.42. The first-order valence-corrected chi connectivity index (χ1v) is 21.1. The van der Waals surface area contributed by atoms with Crippen LogP contribution in [0.5, 0.6) is 0 Å². The summed E-state index contributed by atoms with van der Waals surface area (Å²) in [5.74, 6) is -6.58. The number of nitrogens with zero attached hydrogens (tertiary/aromatic N) is 14. The average molecular weight is 975 g/mol. The predicted octanol–water partition coefficient (Wildman–Crippen LogP) is 3.08. The molecule has 4 aliphatic heterocycles. The van der Waals surface area contributed by atoms with Gasteiger partial charge in [-0.1, -0.05) is 6.08 Å². The summed E-state index contributed by atoms with van der Waals surface area (Å²) in [6.07, 6.45) is 10.3. The van der Waals surface area contributed by atoms with Crippen molar-refractivity contribution in [1.29, 1.82) is 0 Å². The van der Waals surface area contributed by atoms with Crippen LogP contribution in [0.25, 0.3) is 5.65 Å². The van der Waals surface area contributed by atoms with Crippen LogP contribution in [-0.4, -0.2) is 164 Å². The highest BCUT2D eigenvalue weighted by molar-refractivity contribution is 5.87. The van der Waals surface area contributed by atoms with E-state index >= 15 is 0 Å². The van der Waals surface area contributed by atoms with Gasteiger partial charge in [0.2, 0.25) is 23.5 Å². The van der Waals surface area contributed by atoms with Gasteiger partial charge in [-0.3, -0.25) is 9.59 Å². The fraction of sp³-hybridized carbons (Fsp3) is 0.439. The molecule has 0 unspecified atom stereocenters. The molecule has 9 heterocycles. The van der Waals surface area contributed by atoms with Gasteiger partial charge in [-0.2, -0.15) is 5.10 Å². The van der Waals surface area contributed by atoms with E-state index in [1.807, 2.05) is 0 Å². The van der Waals surface area contributed by atoms with Crippen LogP contribution >= 0.6 is 0 Å². The fourth-order valence-electron chi connectivity index (χ4n) is 7.43. The van der Waals surface area contributed by atoms with Crippen LogP contribution in [0.1, 0.15) is 32.1 Å². The van der Waals surface area contributed by atoms with Gasteiger partial charge in [0.15, 0.2) is 28.9 Å². The van der Waals surface area contributed by atoms with Gasteiger partial charge in [0.25, 0.3) is 0 Å². The number of hydrogen-bond donors (Lipinski definition) is 4. The number of fused-ring (bicyclic) bond motifs is 1. The second-order valence-corrected chi connectivity index (χ2v) is 15.8. The van der Waals surface area contributed by atoms with E-state index in [-0.39, 0.29) is 57.8 Å². The lowest BCUT2D eigenvalue weighted by molar-refractivity contribution is -0.152. The molecule has 22 nitrogen and oxygen atoms in total. The minimum Gasteiger partial charge on any atom is -0.481 e. The van der Waals surface area contributed by atoms with Gasteiger partial charge in [0.1, 0.15) is 18.7 Å². The highest BCUT2D eigenvalue weighted by atomic mass is 19.2. The van der Waals surface area contributed by atoms with Crippen molar-refractivity contribution < 1.29 is 65.9 Å². The fourth-order valence-corrected chi connectivity index (χ4v) is 7.43. The first-order valence-electron chi connectivity index (χ1n) is 21.1. The largest absolute Gasteiger partial charge is 0.481 e. The number of hydrogen-bond acceptors (Lipinski definition) is 17. The Hall–Kier alpha value is -7.81. The second-order valence-electron chi connectivity index (χ2n) is 15.8. The van der Waals surface area contributed by atoms with Gasteiger partial charge in [-0.25, -0.2) is 80.3 Å². The number of halogens is 6. The number of aliphatic carboxylic acids is 4. The van der Waals surface area contributed by atoms with Crippen LogP contribution in [0.4, 0.5) is 50.0 Å². The van der Waals surface area contributed by atoms with Gasteiger partial charge in [-0.05, 0) is 19.3 Å². The molecule has 3 saturated heterocycles. The van der Waals surface area contributed by atoms with E-state index in [1.54, 1.807) is 37.7 Å².